The van der Waals surface area contributed by atoms with Gasteiger partial charge in [0.1, 0.15) is 0 Å². The smallest absolute Gasteiger partial charge is 0.248 e. The number of hydrogen-bond acceptors (Lipinski definition) is 3. The standard InChI is InChI=1S/C16H23N3O2/c1-10-9-11(14(17)20)5-6-12(10)19-15(21)13-16(2,3)7-4-8-18-13/h5-6,9,13,18H,4,7-8H2,1-3H3,(H2,17,20)(H,19,21). The predicted molar refractivity (Wildman–Crippen MR) is 83.1 cm³/mol. The van der Waals surface area contributed by atoms with E-state index in [-0.39, 0.29) is 17.4 Å². The van der Waals surface area contributed by atoms with Crippen LogP contribution in [0.4, 0.5) is 5.69 Å². The molecule has 2 amide bonds. The third-order valence-electron chi connectivity index (χ3n) is 4.16. The van der Waals surface area contributed by atoms with Gasteiger partial charge in [0.15, 0.2) is 0 Å². The number of nitrogens with one attached hydrogen (secondary N) is 2. The number of carbonyl (C=O) groups excluding carboxylic acids is 2. The summed E-state index contributed by atoms with van der Waals surface area (Å²) < 4.78 is 0. The van der Waals surface area contributed by atoms with Crippen LogP contribution in [0, 0.1) is 12.3 Å². The molecule has 1 aromatic carbocycles. The molecule has 1 heterocycles. The van der Waals surface area contributed by atoms with Crippen LogP contribution in [-0.2, 0) is 4.79 Å². The Morgan fingerprint density at radius 2 is 2.10 bits per heavy atom. The fraction of sp³-hybridized carbons (Fsp3) is 0.500. The van der Waals surface area contributed by atoms with Gasteiger partial charge in [0, 0.05) is 11.3 Å². The van der Waals surface area contributed by atoms with Gasteiger partial charge in [0.25, 0.3) is 0 Å². The summed E-state index contributed by atoms with van der Waals surface area (Å²) in [4.78, 5) is 23.6. The summed E-state index contributed by atoms with van der Waals surface area (Å²) in [5, 5.41) is 6.24. The first-order chi connectivity index (χ1) is 9.81. The Morgan fingerprint density at radius 1 is 1.38 bits per heavy atom. The molecule has 21 heavy (non-hydrogen) atoms. The quantitative estimate of drug-likeness (QED) is 0.793. The monoisotopic (exact) mass is 289 g/mol. The molecule has 1 aliphatic heterocycles. The molecule has 0 bridgehead atoms. The number of hydrogen-bond donors (Lipinski definition) is 3. The Hall–Kier alpha value is -1.88. The molecule has 1 unspecified atom stereocenters. The molecule has 4 N–H and O–H groups in total. The van der Waals surface area contributed by atoms with Crippen molar-refractivity contribution in [2.75, 3.05) is 11.9 Å². The molecule has 0 spiro atoms. The highest BCUT2D eigenvalue weighted by Gasteiger charge is 2.37. The van der Waals surface area contributed by atoms with Crippen LogP contribution >= 0.6 is 0 Å². The van der Waals surface area contributed by atoms with Crippen molar-refractivity contribution in [2.45, 2.75) is 39.7 Å². The van der Waals surface area contributed by atoms with E-state index in [0.29, 0.717) is 11.3 Å². The van der Waals surface area contributed by atoms with Gasteiger partial charge in [0.2, 0.25) is 11.8 Å². The zero-order valence-electron chi connectivity index (χ0n) is 12.8. The molecule has 1 fully saturated rings. The highest BCUT2D eigenvalue weighted by molar-refractivity contribution is 5.97. The number of carbonyl (C=O) groups is 2. The van der Waals surface area contributed by atoms with Gasteiger partial charge in [-0.3, -0.25) is 9.59 Å². The molecule has 0 radical (unpaired) electrons. The lowest BCUT2D eigenvalue weighted by atomic mass is 9.77. The third-order valence-corrected chi connectivity index (χ3v) is 4.16. The second-order valence-corrected chi connectivity index (χ2v) is 6.36. The molecular formula is C16H23N3O2. The topological polar surface area (TPSA) is 84.2 Å². The summed E-state index contributed by atoms with van der Waals surface area (Å²) in [7, 11) is 0. The SMILES string of the molecule is Cc1cc(C(N)=O)ccc1NC(=O)C1NCCCC1(C)C. The van der Waals surface area contributed by atoms with Crippen LogP contribution in [-0.4, -0.2) is 24.4 Å². The van der Waals surface area contributed by atoms with E-state index < -0.39 is 5.91 Å². The zero-order chi connectivity index (χ0) is 15.6. The van der Waals surface area contributed by atoms with Crippen molar-refractivity contribution in [3.05, 3.63) is 29.3 Å². The lowest BCUT2D eigenvalue weighted by Gasteiger charge is -2.38. The molecule has 2 rings (SSSR count). The summed E-state index contributed by atoms with van der Waals surface area (Å²) in [5.74, 6) is -0.499. The van der Waals surface area contributed by atoms with E-state index in [1.807, 2.05) is 6.92 Å². The van der Waals surface area contributed by atoms with Gasteiger partial charge < -0.3 is 16.4 Å². The van der Waals surface area contributed by atoms with Crippen molar-refractivity contribution in [3.63, 3.8) is 0 Å². The highest BCUT2D eigenvalue weighted by atomic mass is 16.2. The number of primary amides is 1. The molecule has 5 heteroatoms. The van der Waals surface area contributed by atoms with Crippen LogP contribution in [0.3, 0.4) is 0 Å². The van der Waals surface area contributed by atoms with Crippen molar-refractivity contribution < 1.29 is 9.59 Å². The van der Waals surface area contributed by atoms with E-state index in [1.54, 1.807) is 18.2 Å². The number of nitrogens with two attached hydrogens (primary N) is 1. The normalized spacial score (nSPS) is 20.8. The van der Waals surface area contributed by atoms with E-state index in [9.17, 15) is 9.59 Å². The molecule has 0 aliphatic carbocycles. The third kappa shape index (κ3) is 3.42. The minimum atomic E-state index is -0.467. The van der Waals surface area contributed by atoms with Gasteiger partial charge in [-0.1, -0.05) is 13.8 Å². The average molecular weight is 289 g/mol. The van der Waals surface area contributed by atoms with Crippen molar-refractivity contribution in [1.29, 1.82) is 0 Å². The largest absolute Gasteiger partial charge is 0.366 e. The van der Waals surface area contributed by atoms with Crippen molar-refractivity contribution >= 4 is 17.5 Å². The molecule has 0 saturated carbocycles. The molecule has 1 aliphatic rings. The number of anilines is 1. The Balaban J connectivity index is 2.14. The minimum absolute atomic E-state index is 0.0328. The Kier molecular flexibility index (Phi) is 4.32. The molecular weight excluding hydrogens is 266 g/mol. The van der Waals surface area contributed by atoms with Crippen molar-refractivity contribution in [1.82, 2.24) is 5.32 Å². The first-order valence-electron chi connectivity index (χ1n) is 7.26. The second kappa shape index (κ2) is 5.85. The maximum absolute atomic E-state index is 12.5. The number of aryl methyl sites for hydroxylation is 1. The maximum atomic E-state index is 12.5. The van der Waals surface area contributed by atoms with Gasteiger partial charge in [-0.2, -0.15) is 0 Å². The molecule has 1 saturated heterocycles. The number of piperidine rings is 1. The Bertz CT molecular complexity index is 567. The summed E-state index contributed by atoms with van der Waals surface area (Å²) in [5.41, 5.74) is 7.17. The van der Waals surface area contributed by atoms with Crippen LogP contribution in [0.25, 0.3) is 0 Å². The van der Waals surface area contributed by atoms with Crippen LogP contribution in [0.15, 0.2) is 18.2 Å². The van der Waals surface area contributed by atoms with Gasteiger partial charge in [0.05, 0.1) is 6.04 Å². The van der Waals surface area contributed by atoms with Crippen LogP contribution in [0.5, 0.6) is 0 Å². The van der Waals surface area contributed by atoms with Gasteiger partial charge >= 0.3 is 0 Å². The first kappa shape index (κ1) is 15.5. The summed E-state index contributed by atoms with van der Waals surface area (Å²) in [6, 6.07) is 4.84. The van der Waals surface area contributed by atoms with E-state index in [0.717, 1.165) is 24.9 Å². The highest BCUT2D eigenvalue weighted by Crippen LogP contribution is 2.31. The Morgan fingerprint density at radius 3 is 2.67 bits per heavy atom. The fourth-order valence-corrected chi connectivity index (χ4v) is 2.82. The fourth-order valence-electron chi connectivity index (χ4n) is 2.82. The molecule has 114 valence electrons. The van der Waals surface area contributed by atoms with Crippen LogP contribution < -0.4 is 16.4 Å². The summed E-state index contributed by atoms with van der Waals surface area (Å²) >= 11 is 0. The van der Waals surface area contributed by atoms with E-state index in [4.69, 9.17) is 5.73 Å². The van der Waals surface area contributed by atoms with Crippen molar-refractivity contribution in [2.24, 2.45) is 11.1 Å². The maximum Gasteiger partial charge on any atom is 0.248 e. The lowest BCUT2D eigenvalue weighted by Crippen LogP contribution is -2.53. The molecule has 1 atom stereocenters. The summed E-state index contributed by atoms with van der Waals surface area (Å²) in [6.45, 7) is 6.92. The minimum Gasteiger partial charge on any atom is -0.366 e. The van der Waals surface area contributed by atoms with Gasteiger partial charge in [-0.15, -0.1) is 0 Å². The van der Waals surface area contributed by atoms with Crippen molar-refractivity contribution in [3.8, 4) is 0 Å². The molecule has 0 aromatic heterocycles. The first-order valence-corrected chi connectivity index (χ1v) is 7.26. The predicted octanol–water partition coefficient (Wildman–Crippen LogP) is 1.81. The van der Waals surface area contributed by atoms with Gasteiger partial charge in [-0.25, -0.2) is 0 Å². The van der Waals surface area contributed by atoms with Gasteiger partial charge in [-0.05, 0) is 55.5 Å². The van der Waals surface area contributed by atoms with Crippen LogP contribution in [0.2, 0.25) is 0 Å². The molecule has 5 nitrogen and oxygen atoms in total. The Labute approximate surface area is 125 Å². The average Bonchev–Trinajstić information content (AvgIpc) is 2.40. The van der Waals surface area contributed by atoms with E-state index in [1.165, 1.54) is 0 Å². The van der Waals surface area contributed by atoms with E-state index >= 15 is 0 Å². The number of benzene rings is 1. The van der Waals surface area contributed by atoms with E-state index in [2.05, 4.69) is 24.5 Å². The lowest BCUT2D eigenvalue weighted by molar-refractivity contribution is -0.121. The second-order valence-electron chi connectivity index (χ2n) is 6.36. The number of rotatable bonds is 3. The zero-order valence-corrected chi connectivity index (χ0v) is 12.8. The van der Waals surface area contributed by atoms with Crippen LogP contribution in [0.1, 0.15) is 42.6 Å². The number of amides is 2. The molecule has 1 aromatic rings. The summed E-state index contributed by atoms with van der Waals surface area (Å²) in [6.07, 6.45) is 2.11.